The SMILES string of the molecule is Cc1cccc2c3ccc4c(c5ccccc5n4-c4ccccc4)c3n(C)c12. The number of aromatic nitrogens is 2. The van der Waals surface area contributed by atoms with E-state index >= 15 is 0 Å². The summed E-state index contributed by atoms with van der Waals surface area (Å²) >= 11 is 0. The van der Waals surface area contributed by atoms with Crippen LogP contribution in [0, 0.1) is 6.92 Å². The predicted octanol–water partition coefficient (Wildman–Crippen LogP) is 6.74. The van der Waals surface area contributed by atoms with Crippen molar-refractivity contribution in [3.05, 3.63) is 90.5 Å². The Hall–Kier alpha value is -3.52. The lowest BCUT2D eigenvalue weighted by molar-refractivity contribution is 1.01. The second-order valence-corrected chi connectivity index (χ2v) is 7.57. The summed E-state index contributed by atoms with van der Waals surface area (Å²) in [7, 11) is 2.20. The van der Waals surface area contributed by atoms with Gasteiger partial charge in [0.2, 0.25) is 0 Å². The molecule has 2 heteroatoms. The van der Waals surface area contributed by atoms with E-state index in [4.69, 9.17) is 0 Å². The van der Waals surface area contributed by atoms with Crippen molar-refractivity contribution in [1.29, 1.82) is 0 Å². The van der Waals surface area contributed by atoms with Crippen LogP contribution in [0.15, 0.2) is 84.9 Å². The van der Waals surface area contributed by atoms with Crippen molar-refractivity contribution in [1.82, 2.24) is 9.13 Å². The van der Waals surface area contributed by atoms with Crippen molar-refractivity contribution in [3.63, 3.8) is 0 Å². The fourth-order valence-electron chi connectivity index (χ4n) is 4.90. The molecule has 0 radical (unpaired) electrons. The molecule has 0 aliphatic carbocycles. The molecule has 2 heterocycles. The van der Waals surface area contributed by atoms with Crippen molar-refractivity contribution in [2.24, 2.45) is 7.05 Å². The van der Waals surface area contributed by atoms with Gasteiger partial charge in [0.1, 0.15) is 0 Å². The van der Waals surface area contributed by atoms with E-state index in [2.05, 4.69) is 108 Å². The highest BCUT2D eigenvalue weighted by atomic mass is 15.0. The van der Waals surface area contributed by atoms with E-state index in [1.165, 1.54) is 54.9 Å². The summed E-state index contributed by atoms with van der Waals surface area (Å²) in [6, 6.07) is 30.6. The average molecular weight is 360 g/mol. The third-order valence-corrected chi connectivity index (χ3v) is 6.02. The lowest BCUT2D eigenvalue weighted by Gasteiger charge is -2.07. The Morgan fingerprint density at radius 3 is 2.14 bits per heavy atom. The second-order valence-electron chi connectivity index (χ2n) is 7.57. The molecule has 0 unspecified atom stereocenters. The maximum Gasteiger partial charge on any atom is 0.0590 e. The first-order valence-electron chi connectivity index (χ1n) is 9.71. The lowest BCUT2D eigenvalue weighted by Crippen LogP contribution is -1.93. The quantitative estimate of drug-likeness (QED) is 0.307. The van der Waals surface area contributed by atoms with Crippen LogP contribution >= 0.6 is 0 Å². The van der Waals surface area contributed by atoms with Crippen LogP contribution < -0.4 is 0 Å². The maximum absolute atomic E-state index is 2.38. The predicted molar refractivity (Wildman–Crippen MR) is 120 cm³/mol. The van der Waals surface area contributed by atoms with Gasteiger partial charge in [-0.1, -0.05) is 60.7 Å². The molecular weight excluding hydrogens is 340 g/mol. The van der Waals surface area contributed by atoms with Gasteiger partial charge in [-0.2, -0.15) is 0 Å². The van der Waals surface area contributed by atoms with Gasteiger partial charge in [0, 0.05) is 34.3 Å². The first-order chi connectivity index (χ1) is 13.8. The Morgan fingerprint density at radius 2 is 1.29 bits per heavy atom. The molecule has 28 heavy (non-hydrogen) atoms. The number of aryl methyl sites for hydroxylation is 2. The minimum Gasteiger partial charge on any atom is -0.343 e. The van der Waals surface area contributed by atoms with Crippen LogP contribution in [-0.4, -0.2) is 9.13 Å². The van der Waals surface area contributed by atoms with Crippen LogP contribution in [-0.2, 0) is 7.05 Å². The van der Waals surface area contributed by atoms with Crippen molar-refractivity contribution in [2.45, 2.75) is 6.92 Å². The van der Waals surface area contributed by atoms with Crippen LogP contribution in [0.1, 0.15) is 5.56 Å². The first kappa shape index (κ1) is 15.5. The number of para-hydroxylation sites is 3. The maximum atomic E-state index is 2.38. The van der Waals surface area contributed by atoms with E-state index in [0.29, 0.717) is 0 Å². The molecule has 0 bridgehead atoms. The fourth-order valence-corrected chi connectivity index (χ4v) is 4.90. The van der Waals surface area contributed by atoms with Crippen molar-refractivity contribution < 1.29 is 0 Å². The third-order valence-electron chi connectivity index (χ3n) is 6.02. The summed E-state index contributed by atoms with van der Waals surface area (Å²) in [5.41, 5.74) is 7.65. The molecule has 2 nitrogen and oxygen atoms in total. The fraction of sp³-hybridized carbons (Fsp3) is 0.0769. The molecule has 0 aliphatic rings. The standard InChI is InChI=1S/C26H20N2/c1-17-9-8-13-19-20-15-16-23-24(26(20)27(2)25(17)19)21-12-6-7-14-22(21)28(23)18-10-4-3-5-11-18/h3-16H,1-2H3. The number of fused-ring (bicyclic) bond motifs is 7. The zero-order chi connectivity index (χ0) is 18.8. The monoisotopic (exact) mass is 360 g/mol. The molecule has 0 fully saturated rings. The Bertz CT molecular complexity index is 1510. The topological polar surface area (TPSA) is 9.86 Å². The molecule has 0 spiro atoms. The van der Waals surface area contributed by atoms with Crippen molar-refractivity contribution in [3.8, 4) is 5.69 Å². The van der Waals surface area contributed by atoms with Gasteiger partial charge >= 0.3 is 0 Å². The highest BCUT2D eigenvalue weighted by molar-refractivity contribution is 6.25. The van der Waals surface area contributed by atoms with Crippen molar-refractivity contribution >= 4 is 43.6 Å². The van der Waals surface area contributed by atoms with E-state index in [0.717, 1.165) is 0 Å². The summed E-state index contributed by atoms with van der Waals surface area (Å²) in [4.78, 5) is 0. The zero-order valence-corrected chi connectivity index (χ0v) is 16.0. The zero-order valence-electron chi connectivity index (χ0n) is 16.0. The third kappa shape index (κ3) is 1.87. The van der Waals surface area contributed by atoms with Gasteiger partial charge in [0.05, 0.1) is 22.1 Å². The highest BCUT2D eigenvalue weighted by Gasteiger charge is 2.18. The summed E-state index contributed by atoms with van der Waals surface area (Å²) in [5.74, 6) is 0. The number of rotatable bonds is 1. The van der Waals surface area contributed by atoms with Crippen LogP contribution in [0.4, 0.5) is 0 Å². The van der Waals surface area contributed by atoms with E-state index in [1.807, 2.05) is 0 Å². The van der Waals surface area contributed by atoms with Crippen LogP contribution in [0.2, 0.25) is 0 Å². The Labute approximate surface area is 163 Å². The molecule has 0 atom stereocenters. The molecule has 0 amide bonds. The molecule has 0 N–H and O–H groups in total. The van der Waals surface area contributed by atoms with E-state index < -0.39 is 0 Å². The molecule has 4 aromatic carbocycles. The van der Waals surface area contributed by atoms with Crippen LogP contribution in [0.3, 0.4) is 0 Å². The number of nitrogens with zero attached hydrogens (tertiary/aromatic N) is 2. The Morgan fingerprint density at radius 1 is 0.571 bits per heavy atom. The van der Waals surface area contributed by atoms with Gasteiger partial charge < -0.3 is 9.13 Å². The highest BCUT2D eigenvalue weighted by Crippen LogP contribution is 2.40. The number of hydrogen-bond acceptors (Lipinski definition) is 0. The molecule has 0 saturated heterocycles. The van der Waals surface area contributed by atoms with E-state index in [-0.39, 0.29) is 0 Å². The molecular formula is C26H20N2. The smallest absolute Gasteiger partial charge is 0.0590 e. The van der Waals surface area contributed by atoms with E-state index in [1.54, 1.807) is 0 Å². The van der Waals surface area contributed by atoms with E-state index in [9.17, 15) is 0 Å². The van der Waals surface area contributed by atoms with Crippen LogP contribution in [0.25, 0.3) is 49.3 Å². The van der Waals surface area contributed by atoms with Gasteiger partial charge in [0.25, 0.3) is 0 Å². The summed E-state index contributed by atoms with van der Waals surface area (Å²) in [5, 5.41) is 5.28. The number of benzene rings is 4. The molecule has 0 aliphatic heterocycles. The Kier molecular flexibility index (Phi) is 3.05. The van der Waals surface area contributed by atoms with Gasteiger partial charge in [-0.3, -0.25) is 0 Å². The van der Waals surface area contributed by atoms with Gasteiger partial charge in [-0.05, 0) is 36.8 Å². The summed E-state index contributed by atoms with van der Waals surface area (Å²) in [6.07, 6.45) is 0. The molecule has 134 valence electrons. The normalized spacial score (nSPS) is 11.9. The molecule has 6 rings (SSSR count). The average Bonchev–Trinajstić information content (AvgIpc) is 3.22. The Balaban J connectivity index is 1.92. The van der Waals surface area contributed by atoms with Gasteiger partial charge in [-0.25, -0.2) is 0 Å². The number of hydrogen-bond donors (Lipinski definition) is 0. The minimum absolute atomic E-state index is 1.20. The minimum atomic E-state index is 1.20. The van der Waals surface area contributed by atoms with Crippen LogP contribution in [0.5, 0.6) is 0 Å². The second kappa shape index (κ2) is 5.49. The first-order valence-corrected chi connectivity index (χ1v) is 9.71. The lowest BCUT2D eigenvalue weighted by atomic mass is 10.1. The summed E-state index contributed by atoms with van der Waals surface area (Å²) in [6.45, 7) is 2.20. The van der Waals surface area contributed by atoms with Gasteiger partial charge in [0.15, 0.2) is 0 Å². The summed E-state index contributed by atoms with van der Waals surface area (Å²) < 4.78 is 4.76. The molecule has 6 aromatic rings. The van der Waals surface area contributed by atoms with Gasteiger partial charge in [-0.15, -0.1) is 0 Å². The van der Waals surface area contributed by atoms with Crippen molar-refractivity contribution in [2.75, 3.05) is 0 Å². The molecule has 2 aromatic heterocycles. The molecule has 0 saturated carbocycles. The largest absolute Gasteiger partial charge is 0.343 e.